The van der Waals surface area contributed by atoms with Crippen molar-refractivity contribution in [1.29, 1.82) is 0 Å². The third kappa shape index (κ3) is 8.87. The molecular weight excluding hydrogens is 501 g/mol. The largest absolute Gasteiger partial charge is 0.416 e. The maximum atomic E-state index is 13.0. The molecule has 3 N–H and O–H groups in total. The summed E-state index contributed by atoms with van der Waals surface area (Å²) in [7, 11) is 0. The number of allylic oxidation sites excluding steroid dienone is 3. The third-order valence-electron chi connectivity index (χ3n) is 6.69. The summed E-state index contributed by atoms with van der Waals surface area (Å²) in [5.74, 6) is 0.600. The Morgan fingerprint density at radius 1 is 1.08 bits per heavy atom. The van der Waals surface area contributed by atoms with Gasteiger partial charge < -0.3 is 10.6 Å². The van der Waals surface area contributed by atoms with Gasteiger partial charge in [-0.05, 0) is 86.6 Å². The van der Waals surface area contributed by atoms with Crippen molar-refractivity contribution in [3.8, 4) is 0 Å². The zero-order valence-corrected chi connectivity index (χ0v) is 23.2. The van der Waals surface area contributed by atoms with Crippen LogP contribution in [-0.4, -0.2) is 16.1 Å². The van der Waals surface area contributed by atoms with E-state index in [0.717, 1.165) is 53.3 Å². The van der Waals surface area contributed by atoms with Gasteiger partial charge in [0.1, 0.15) is 0 Å². The van der Waals surface area contributed by atoms with E-state index in [1.165, 1.54) is 17.7 Å². The number of halogens is 3. The molecule has 8 heteroatoms. The molecule has 1 unspecified atom stereocenters. The van der Waals surface area contributed by atoms with E-state index >= 15 is 0 Å². The van der Waals surface area contributed by atoms with Crippen molar-refractivity contribution in [2.75, 3.05) is 10.6 Å². The summed E-state index contributed by atoms with van der Waals surface area (Å²) in [6.45, 7) is 10.6. The van der Waals surface area contributed by atoms with Crippen molar-refractivity contribution < 1.29 is 18.0 Å². The number of aromatic nitrogens is 2. The summed E-state index contributed by atoms with van der Waals surface area (Å²) in [4.78, 5) is 12.6. The van der Waals surface area contributed by atoms with Crippen LogP contribution in [0.25, 0.3) is 0 Å². The number of anilines is 2. The smallest absolute Gasteiger partial charge is 0.339 e. The van der Waals surface area contributed by atoms with Crippen LogP contribution in [0.5, 0.6) is 0 Å². The zero-order chi connectivity index (χ0) is 28.6. The highest BCUT2D eigenvalue weighted by molar-refractivity contribution is 6.04. The maximum absolute atomic E-state index is 13.0. The first-order chi connectivity index (χ1) is 18.5. The molecule has 0 spiro atoms. The van der Waals surface area contributed by atoms with E-state index in [0.29, 0.717) is 24.4 Å². The zero-order valence-electron chi connectivity index (χ0n) is 23.2. The van der Waals surface area contributed by atoms with Crippen LogP contribution in [0.2, 0.25) is 0 Å². The lowest BCUT2D eigenvalue weighted by molar-refractivity contribution is -0.137. The highest BCUT2D eigenvalue weighted by atomic mass is 19.4. The van der Waals surface area contributed by atoms with Crippen molar-refractivity contribution in [1.82, 2.24) is 10.2 Å². The number of carbonyl (C=O) groups excluding carboxylic acids is 1. The van der Waals surface area contributed by atoms with E-state index < -0.39 is 17.6 Å². The molecule has 0 aliphatic heterocycles. The summed E-state index contributed by atoms with van der Waals surface area (Å²) in [6, 6.07) is 11.9. The lowest BCUT2D eigenvalue weighted by atomic mass is 10.0. The van der Waals surface area contributed by atoms with Crippen molar-refractivity contribution in [2.45, 2.75) is 66.5 Å². The van der Waals surface area contributed by atoms with Crippen LogP contribution in [-0.2, 0) is 19.0 Å². The van der Waals surface area contributed by atoms with Crippen LogP contribution in [0.15, 0.2) is 72.0 Å². The fourth-order valence-corrected chi connectivity index (χ4v) is 3.95. The number of benzene rings is 2. The number of nitrogens with zero attached hydrogens (tertiary/aromatic N) is 1. The Kier molecular flexibility index (Phi) is 10.2. The molecule has 0 radical (unpaired) electrons. The third-order valence-corrected chi connectivity index (χ3v) is 6.69. The molecule has 1 heterocycles. The first-order valence-electron chi connectivity index (χ1n) is 13.3. The highest BCUT2D eigenvalue weighted by Crippen LogP contribution is 2.30. The van der Waals surface area contributed by atoms with Gasteiger partial charge in [0.05, 0.1) is 5.56 Å². The van der Waals surface area contributed by atoms with Gasteiger partial charge in [-0.1, -0.05) is 51.0 Å². The van der Waals surface area contributed by atoms with Crippen LogP contribution >= 0.6 is 0 Å². The van der Waals surface area contributed by atoms with E-state index in [9.17, 15) is 18.0 Å². The van der Waals surface area contributed by atoms with E-state index in [1.807, 2.05) is 25.1 Å². The fraction of sp³-hybridized carbons (Fsp3) is 0.355. The quantitative estimate of drug-likeness (QED) is 0.215. The number of carbonyl (C=O) groups is 1. The molecule has 3 rings (SSSR count). The minimum atomic E-state index is -4.51. The van der Waals surface area contributed by atoms with Gasteiger partial charge in [-0.3, -0.25) is 9.89 Å². The molecule has 0 aliphatic rings. The molecule has 3 aromatic rings. The van der Waals surface area contributed by atoms with E-state index in [-0.39, 0.29) is 5.56 Å². The number of H-pyrrole nitrogens is 1. The predicted molar refractivity (Wildman–Crippen MR) is 152 cm³/mol. The molecule has 0 aliphatic carbocycles. The predicted octanol–water partition coefficient (Wildman–Crippen LogP) is 8.47. The second-order valence-corrected chi connectivity index (χ2v) is 9.93. The van der Waals surface area contributed by atoms with E-state index in [1.54, 1.807) is 6.07 Å². The summed E-state index contributed by atoms with van der Waals surface area (Å²) < 4.78 is 39.1. The molecule has 2 aromatic carbocycles. The normalized spacial score (nSPS) is 13.3. The van der Waals surface area contributed by atoms with Gasteiger partial charge in [0.15, 0.2) is 5.82 Å². The van der Waals surface area contributed by atoms with Crippen LogP contribution < -0.4 is 10.6 Å². The summed E-state index contributed by atoms with van der Waals surface area (Å²) in [6.07, 6.45) is 3.30. The molecule has 5 nitrogen and oxygen atoms in total. The SMILES string of the molecule is CCC(C)=C/C(=C\C(C)CC)Nc1cc(CCc2cc(NC(=O)c3cccc(C(F)(F)F)c3)ccc2C)[nH]n1. The number of aryl methyl sites for hydroxylation is 3. The standard InChI is InChI=1S/C31H37F3N4O/c1-6-20(3)15-28(16-21(4)7-2)35-29-19-27(37-38-29)14-12-23-18-26(13-11-22(23)5)36-30(39)24-9-8-10-25(17-24)31(32,33)34/h8-11,13,15-20H,6-7,12,14H2,1-5H3,(H,36,39)(H2,35,37,38)/b21-16?,28-15+. The first-order valence-corrected chi connectivity index (χ1v) is 13.3. The number of alkyl halides is 3. The lowest BCUT2D eigenvalue weighted by Gasteiger charge is -2.11. The van der Waals surface area contributed by atoms with Crippen LogP contribution in [0.4, 0.5) is 24.7 Å². The first kappa shape index (κ1) is 29.7. The van der Waals surface area contributed by atoms with Gasteiger partial charge in [0.2, 0.25) is 0 Å². The Bertz CT molecular complexity index is 1340. The molecule has 0 saturated carbocycles. The van der Waals surface area contributed by atoms with Gasteiger partial charge in [0, 0.05) is 28.7 Å². The van der Waals surface area contributed by atoms with Crippen molar-refractivity contribution in [3.05, 3.63) is 99.9 Å². The second-order valence-electron chi connectivity index (χ2n) is 9.93. The molecule has 39 heavy (non-hydrogen) atoms. The van der Waals surface area contributed by atoms with E-state index in [2.05, 4.69) is 60.7 Å². The summed E-state index contributed by atoms with van der Waals surface area (Å²) in [5, 5.41) is 13.7. The average molecular weight is 539 g/mol. The van der Waals surface area contributed by atoms with Crippen molar-refractivity contribution >= 4 is 17.4 Å². The maximum Gasteiger partial charge on any atom is 0.416 e. The van der Waals surface area contributed by atoms with Crippen LogP contribution in [0, 0.1) is 12.8 Å². The van der Waals surface area contributed by atoms with Gasteiger partial charge >= 0.3 is 6.18 Å². The molecule has 1 aromatic heterocycles. The number of amides is 1. The number of hydrogen-bond donors (Lipinski definition) is 3. The topological polar surface area (TPSA) is 69.8 Å². The molecular formula is C31H37F3N4O. The molecule has 0 saturated heterocycles. The number of nitrogens with one attached hydrogen (secondary N) is 3. The van der Waals surface area contributed by atoms with Gasteiger partial charge in [0.25, 0.3) is 5.91 Å². The minimum absolute atomic E-state index is 0.0461. The molecule has 0 bridgehead atoms. The number of rotatable bonds is 11. The van der Waals surface area contributed by atoms with Gasteiger partial charge in [-0.25, -0.2) is 0 Å². The number of aromatic amines is 1. The van der Waals surface area contributed by atoms with Crippen molar-refractivity contribution in [2.24, 2.45) is 5.92 Å². The molecule has 1 amide bonds. The molecule has 0 fully saturated rings. The van der Waals surface area contributed by atoms with Crippen molar-refractivity contribution in [3.63, 3.8) is 0 Å². The Morgan fingerprint density at radius 2 is 1.85 bits per heavy atom. The Balaban J connectivity index is 1.67. The summed E-state index contributed by atoms with van der Waals surface area (Å²) in [5.41, 5.74) is 4.99. The van der Waals surface area contributed by atoms with Crippen LogP contribution in [0.1, 0.15) is 73.3 Å². The van der Waals surface area contributed by atoms with Gasteiger partial charge in [-0.15, -0.1) is 0 Å². The Morgan fingerprint density at radius 3 is 2.54 bits per heavy atom. The summed E-state index contributed by atoms with van der Waals surface area (Å²) >= 11 is 0. The second kappa shape index (κ2) is 13.3. The fourth-order valence-electron chi connectivity index (χ4n) is 3.95. The highest BCUT2D eigenvalue weighted by Gasteiger charge is 2.30. The van der Waals surface area contributed by atoms with Crippen LogP contribution in [0.3, 0.4) is 0 Å². The minimum Gasteiger partial charge on any atom is -0.339 e. The van der Waals surface area contributed by atoms with E-state index in [4.69, 9.17) is 0 Å². The Labute approximate surface area is 228 Å². The molecule has 1 atom stereocenters. The lowest BCUT2D eigenvalue weighted by Crippen LogP contribution is -2.14. The molecule has 208 valence electrons. The average Bonchev–Trinajstić information content (AvgIpc) is 3.35. The number of hydrogen-bond acceptors (Lipinski definition) is 3. The monoisotopic (exact) mass is 538 g/mol. The van der Waals surface area contributed by atoms with Gasteiger partial charge in [-0.2, -0.15) is 18.3 Å². The Hall–Kier alpha value is -3.81.